The molecule has 0 spiro atoms. The van der Waals surface area contributed by atoms with Crippen LogP contribution in [0.1, 0.15) is 18.1 Å². The molecule has 0 saturated carbocycles. The van der Waals surface area contributed by atoms with Gasteiger partial charge in [-0.15, -0.1) is 11.3 Å². The van der Waals surface area contributed by atoms with Crippen LogP contribution >= 0.6 is 27.3 Å². The molecule has 2 rings (SSSR count). The molecule has 0 radical (unpaired) electrons. The van der Waals surface area contributed by atoms with Crippen LogP contribution in [0.2, 0.25) is 0 Å². The highest BCUT2D eigenvalue weighted by Crippen LogP contribution is 2.28. The molecule has 1 heterocycles. The number of nitrogens with two attached hydrogens (primary N) is 1. The number of benzene rings is 1. The van der Waals surface area contributed by atoms with E-state index in [1.54, 1.807) is 23.3 Å². The molecule has 0 aliphatic heterocycles. The minimum absolute atomic E-state index is 0.00857. The molecule has 1 aromatic carbocycles. The molecule has 0 bridgehead atoms. The Morgan fingerprint density at radius 1 is 1.24 bits per heavy atom. The van der Waals surface area contributed by atoms with Crippen molar-refractivity contribution in [3.8, 4) is 0 Å². The van der Waals surface area contributed by atoms with Crippen LogP contribution in [0.3, 0.4) is 0 Å². The summed E-state index contributed by atoms with van der Waals surface area (Å²) in [4.78, 5) is 1.58. The van der Waals surface area contributed by atoms with E-state index in [0.717, 1.165) is 9.35 Å². The van der Waals surface area contributed by atoms with E-state index >= 15 is 0 Å². The molecule has 1 aromatic heterocycles. The Balaban J connectivity index is 2.22. The molecular weight excluding hydrogens is 358 g/mol. The van der Waals surface area contributed by atoms with Crippen LogP contribution in [0.15, 0.2) is 27.4 Å². The van der Waals surface area contributed by atoms with E-state index in [9.17, 15) is 8.78 Å². The fraction of sp³-hybridized carbons (Fsp3) is 0.333. The molecular formula is C15H17BrF2N2S. The van der Waals surface area contributed by atoms with Gasteiger partial charge in [0.15, 0.2) is 0 Å². The van der Waals surface area contributed by atoms with Crippen LogP contribution in [0.25, 0.3) is 0 Å². The smallest absolute Gasteiger partial charge is 0.149 e. The minimum Gasteiger partial charge on any atom is -0.365 e. The first-order valence-corrected chi connectivity index (χ1v) is 8.21. The quantitative estimate of drug-likeness (QED) is 0.844. The summed E-state index contributed by atoms with van der Waals surface area (Å²) in [7, 11) is 1.68. The molecule has 2 aromatic rings. The Bertz CT molecular complexity index is 605. The predicted molar refractivity (Wildman–Crippen MR) is 87.8 cm³/mol. The lowest BCUT2D eigenvalue weighted by molar-refractivity contribution is 0.571. The summed E-state index contributed by atoms with van der Waals surface area (Å²) in [5.74, 6) is -1.11. The van der Waals surface area contributed by atoms with Gasteiger partial charge in [-0.1, -0.05) is 0 Å². The van der Waals surface area contributed by atoms with Crippen molar-refractivity contribution in [3.63, 3.8) is 0 Å². The van der Waals surface area contributed by atoms with Gasteiger partial charge >= 0.3 is 0 Å². The third-order valence-corrected chi connectivity index (χ3v) is 4.61. The third kappa shape index (κ3) is 4.25. The first kappa shape index (κ1) is 16.4. The van der Waals surface area contributed by atoms with Crippen LogP contribution < -0.4 is 10.6 Å². The van der Waals surface area contributed by atoms with Crippen LogP contribution in [0.5, 0.6) is 0 Å². The summed E-state index contributed by atoms with van der Waals surface area (Å²) < 4.78 is 29.4. The van der Waals surface area contributed by atoms with Gasteiger partial charge in [-0.3, -0.25) is 0 Å². The van der Waals surface area contributed by atoms with E-state index in [1.807, 2.05) is 18.4 Å². The lowest BCUT2D eigenvalue weighted by Gasteiger charge is -2.21. The summed E-state index contributed by atoms with van der Waals surface area (Å²) in [5, 5.41) is 1.96. The molecule has 0 fully saturated rings. The number of hydrogen-bond donors (Lipinski definition) is 1. The maximum atomic E-state index is 14.2. The van der Waals surface area contributed by atoms with Crippen LogP contribution in [-0.4, -0.2) is 13.1 Å². The number of rotatable bonds is 5. The van der Waals surface area contributed by atoms with Gasteiger partial charge < -0.3 is 10.6 Å². The van der Waals surface area contributed by atoms with Crippen molar-refractivity contribution in [3.05, 3.63) is 50.1 Å². The van der Waals surface area contributed by atoms with Crippen molar-refractivity contribution >= 4 is 33.0 Å². The summed E-state index contributed by atoms with van der Waals surface area (Å²) in [6.45, 7) is 2.26. The Hall–Kier alpha value is -0.980. The maximum Gasteiger partial charge on any atom is 0.149 e. The average Bonchev–Trinajstić information content (AvgIpc) is 2.72. The summed E-state index contributed by atoms with van der Waals surface area (Å²) in [6.07, 6.45) is 0.454. The average molecular weight is 375 g/mol. The van der Waals surface area contributed by atoms with Gasteiger partial charge in [-0.25, -0.2) is 8.78 Å². The number of hydrogen-bond acceptors (Lipinski definition) is 3. The Morgan fingerprint density at radius 3 is 2.33 bits per heavy atom. The van der Waals surface area contributed by atoms with Crippen molar-refractivity contribution in [2.24, 2.45) is 5.73 Å². The highest BCUT2D eigenvalue weighted by atomic mass is 79.9. The minimum atomic E-state index is -0.553. The number of anilines is 1. The summed E-state index contributed by atoms with van der Waals surface area (Å²) >= 11 is 4.93. The fourth-order valence-corrected chi connectivity index (χ4v) is 3.45. The van der Waals surface area contributed by atoms with E-state index in [0.29, 0.717) is 18.5 Å². The Morgan fingerprint density at radius 2 is 1.86 bits per heavy atom. The molecule has 0 aliphatic carbocycles. The second kappa shape index (κ2) is 6.85. The largest absolute Gasteiger partial charge is 0.365 e. The van der Waals surface area contributed by atoms with Crippen LogP contribution in [0.4, 0.5) is 14.5 Å². The highest BCUT2D eigenvalue weighted by molar-refractivity contribution is 9.11. The third-order valence-electron chi connectivity index (χ3n) is 3.06. The Kier molecular flexibility index (Phi) is 5.35. The maximum absolute atomic E-state index is 14.2. The van der Waals surface area contributed by atoms with E-state index in [1.165, 1.54) is 12.1 Å². The van der Waals surface area contributed by atoms with Gasteiger partial charge in [0, 0.05) is 19.6 Å². The standard InChI is InChI=1S/C15H17BrF2N2S/c1-9(19)3-10-4-12(17)15(13(18)5-10)20(2)7-11-6-14(16)21-8-11/h4-6,8-9H,3,7,19H2,1-2H3. The molecule has 0 amide bonds. The molecule has 2 N–H and O–H groups in total. The van der Waals surface area contributed by atoms with Gasteiger partial charge in [0.1, 0.15) is 17.3 Å². The molecule has 6 heteroatoms. The summed E-state index contributed by atoms with van der Waals surface area (Å²) in [5.41, 5.74) is 7.25. The van der Waals surface area contributed by atoms with Gasteiger partial charge in [-0.2, -0.15) is 0 Å². The zero-order valence-electron chi connectivity index (χ0n) is 11.9. The first-order chi connectivity index (χ1) is 9.86. The lowest BCUT2D eigenvalue weighted by Crippen LogP contribution is -2.21. The van der Waals surface area contributed by atoms with Crippen LogP contribution in [-0.2, 0) is 13.0 Å². The SMILES string of the molecule is CC(N)Cc1cc(F)c(N(C)Cc2csc(Br)c2)c(F)c1. The highest BCUT2D eigenvalue weighted by Gasteiger charge is 2.16. The molecule has 0 aliphatic rings. The number of thiophene rings is 1. The van der Waals surface area contributed by atoms with Gasteiger partial charge in [0.2, 0.25) is 0 Å². The second-order valence-electron chi connectivity index (χ2n) is 5.20. The molecule has 1 atom stereocenters. The van der Waals surface area contributed by atoms with Gasteiger partial charge in [0.05, 0.1) is 3.79 Å². The molecule has 21 heavy (non-hydrogen) atoms. The zero-order chi connectivity index (χ0) is 15.6. The van der Waals surface area contributed by atoms with E-state index in [4.69, 9.17) is 5.73 Å². The van der Waals surface area contributed by atoms with Crippen molar-refractivity contribution < 1.29 is 8.78 Å². The second-order valence-corrected chi connectivity index (χ2v) is 7.50. The van der Waals surface area contributed by atoms with E-state index in [-0.39, 0.29) is 11.7 Å². The van der Waals surface area contributed by atoms with E-state index < -0.39 is 11.6 Å². The Labute approximate surface area is 135 Å². The first-order valence-electron chi connectivity index (χ1n) is 6.54. The fourth-order valence-electron chi connectivity index (χ4n) is 2.25. The van der Waals surface area contributed by atoms with Crippen molar-refractivity contribution in [1.29, 1.82) is 0 Å². The van der Waals surface area contributed by atoms with Crippen molar-refractivity contribution in [2.45, 2.75) is 25.9 Å². The predicted octanol–water partition coefficient (Wildman–Crippen LogP) is 4.31. The van der Waals surface area contributed by atoms with Crippen molar-refractivity contribution in [1.82, 2.24) is 0 Å². The molecule has 2 nitrogen and oxygen atoms in total. The topological polar surface area (TPSA) is 29.3 Å². The van der Waals surface area contributed by atoms with E-state index in [2.05, 4.69) is 15.9 Å². The zero-order valence-corrected chi connectivity index (χ0v) is 14.3. The monoisotopic (exact) mass is 374 g/mol. The number of nitrogens with zero attached hydrogens (tertiary/aromatic N) is 1. The molecule has 1 unspecified atom stereocenters. The molecule has 114 valence electrons. The number of halogens is 3. The van der Waals surface area contributed by atoms with Gasteiger partial charge in [-0.05, 0) is 64.0 Å². The van der Waals surface area contributed by atoms with Crippen LogP contribution in [0, 0.1) is 11.6 Å². The van der Waals surface area contributed by atoms with Crippen molar-refractivity contribution in [2.75, 3.05) is 11.9 Å². The normalized spacial score (nSPS) is 12.5. The van der Waals surface area contributed by atoms with Gasteiger partial charge in [0.25, 0.3) is 0 Å². The molecule has 0 saturated heterocycles. The summed E-state index contributed by atoms with van der Waals surface area (Å²) in [6, 6.07) is 4.54. The lowest BCUT2D eigenvalue weighted by atomic mass is 10.1.